The van der Waals surface area contributed by atoms with Gasteiger partial charge in [-0.15, -0.1) is 0 Å². The molecule has 1 fully saturated rings. The molecule has 0 radical (unpaired) electrons. The molecule has 1 heterocycles. The van der Waals surface area contributed by atoms with Gasteiger partial charge < -0.3 is 14.6 Å². The van der Waals surface area contributed by atoms with Crippen molar-refractivity contribution in [3.8, 4) is 0 Å². The van der Waals surface area contributed by atoms with E-state index in [1.807, 2.05) is 26.0 Å². The van der Waals surface area contributed by atoms with Gasteiger partial charge >= 0.3 is 0 Å². The maximum atomic E-state index is 13.8. The minimum absolute atomic E-state index is 0.0854. The van der Waals surface area contributed by atoms with Crippen LogP contribution in [0, 0.1) is 5.82 Å². The van der Waals surface area contributed by atoms with Crippen molar-refractivity contribution in [1.29, 1.82) is 0 Å². The Bertz CT molecular complexity index is 786. The molecule has 0 saturated carbocycles. The summed E-state index contributed by atoms with van der Waals surface area (Å²) in [6, 6.07) is 12.9. The molecule has 0 aromatic heterocycles. The minimum Gasteiger partial charge on any atom is -0.388 e. The lowest BCUT2D eigenvalue weighted by atomic mass is 9.85. The van der Waals surface area contributed by atoms with E-state index in [1.165, 1.54) is 17.7 Å². The fourth-order valence-electron chi connectivity index (χ4n) is 4.07. The van der Waals surface area contributed by atoms with Gasteiger partial charge in [-0.1, -0.05) is 30.3 Å². The molecule has 0 bridgehead atoms. The number of aliphatic hydroxyl groups excluding tert-OH is 1. The molecular formula is C21H23FO3. The first-order valence-electron chi connectivity index (χ1n) is 8.79. The van der Waals surface area contributed by atoms with Gasteiger partial charge in [0.2, 0.25) is 0 Å². The van der Waals surface area contributed by atoms with E-state index in [9.17, 15) is 9.50 Å². The summed E-state index contributed by atoms with van der Waals surface area (Å²) in [5.74, 6) is -1.06. The fourth-order valence-corrected chi connectivity index (χ4v) is 4.07. The Morgan fingerprint density at radius 2 is 1.88 bits per heavy atom. The number of halogens is 1. The van der Waals surface area contributed by atoms with Crippen LogP contribution < -0.4 is 0 Å². The molecule has 1 N–H and O–H groups in total. The zero-order chi connectivity index (χ0) is 17.6. The fraction of sp³-hybridized carbons (Fsp3) is 0.429. The molecule has 4 heteroatoms. The monoisotopic (exact) mass is 342 g/mol. The second-order valence-electron chi connectivity index (χ2n) is 7.46. The lowest BCUT2D eigenvalue weighted by Gasteiger charge is -2.26. The molecule has 0 amide bonds. The zero-order valence-corrected chi connectivity index (χ0v) is 14.5. The van der Waals surface area contributed by atoms with Crippen LogP contribution >= 0.6 is 0 Å². The molecule has 3 nitrogen and oxygen atoms in total. The summed E-state index contributed by atoms with van der Waals surface area (Å²) in [7, 11) is 0. The summed E-state index contributed by atoms with van der Waals surface area (Å²) < 4.78 is 25.4. The number of fused-ring (bicyclic) bond motifs is 2. The average molecular weight is 342 g/mol. The number of rotatable bonds is 2. The lowest BCUT2D eigenvalue weighted by Crippen LogP contribution is -2.24. The molecule has 3 atom stereocenters. The van der Waals surface area contributed by atoms with Gasteiger partial charge in [-0.3, -0.25) is 0 Å². The molecule has 1 aliphatic carbocycles. The maximum absolute atomic E-state index is 13.8. The number of hydrogen-bond donors (Lipinski definition) is 1. The van der Waals surface area contributed by atoms with Gasteiger partial charge in [0.15, 0.2) is 5.79 Å². The highest BCUT2D eigenvalue weighted by Gasteiger charge is 2.38. The molecule has 0 unspecified atom stereocenters. The van der Waals surface area contributed by atoms with Crippen molar-refractivity contribution in [3.05, 3.63) is 70.5 Å². The van der Waals surface area contributed by atoms with Gasteiger partial charge in [0.05, 0.1) is 18.8 Å². The quantitative estimate of drug-likeness (QED) is 0.893. The van der Waals surface area contributed by atoms with Gasteiger partial charge in [0.1, 0.15) is 5.82 Å². The van der Waals surface area contributed by atoms with Crippen LogP contribution in [0.3, 0.4) is 0 Å². The van der Waals surface area contributed by atoms with Crippen molar-refractivity contribution in [2.75, 3.05) is 6.61 Å². The Balaban J connectivity index is 1.73. The smallest absolute Gasteiger partial charge is 0.163 e. The first-order valence-corrected chi connectivity index (χ1v) is 8.79. The highest BCUT2D eigenvalue weighted by Crippen LogP contribution is 2.43. The average Bonchev–Trinajstić information content (AvgIpc) is 2.87. The van der Waals surface area contributed by atoms with E-state index < -0.39 is 11.9 Å². The van der Waals surface area contributed by atoms with Gasteiger partial charge in [0, 0.05) is 5.92 Å². The summed E-state index contributed by atoms with van der Waals surface area (Å²) in [6.07, 6.45) is 0.490. The molecule has 25 heavy (non-hydrogen) atoms. The van der Waals surface area contributed by atoms with Crippen molar-refractivity contribution in [3.63, 3.8) is 0 Å². The third-order valence-electron chi connectivity index (χ3n) is 5.23. The number of aliphatic hydroxyl groups is 1. The standard InChI is InChI=1S/C21H23FO3/c1-21(2)24-12-16(25-21)11-19-17-6-4-3-5-13(17)9-14-7-8-15(22)10-18(14)20(19)23/h3-8,10,16,19-20,23H,9,11-12H2,1-2H3/t16-,19+,20-/m1/s1. The summed E-state index contributed by atoms with van der Waals surface area (Å²) in [5.41, 5.74) is 3.95. The van der Waals surface area contributed by atoms with Crippen LogP contribution in [0.2, 0.25) is 0 Å². The Labute approximate surface area is 147 Å². The number of ether oxygens (including phenoxy) is 2. The van der Waals surface area contributed by atoms with E-state index >= 15 is 0 Å². The highest BCUT2D eigenvalue weighted by molar-refractivity contribution is 5.44. The van der Waals surface area contributed by atoms with E-state index in [-0.39, 0.29) is 17.8 Å². The van der Waals surface area contributed by atoms with E-state index in [0.717, 1.165) is 11.1 Å². The second kappa shape index (κ2) is 6.20. The van der Waals surface area contributed by atoms with E-state index in [4.69, 9.17) is 9.47 Å². The Morgan fingerprint density at radius 1 is 1.12 bits per heavy atom. The van der Waals surface area contributed by atoms with Gasteiger partial charge in [-0.05, 0) is 61.1 Å². The lowest BCUT2D eigenvalue weighted by molar-refractivity contribution is -0.140. The van der Waals surface area contributed by atoms with Gasteiger partial charge in [0.25, 0.3) is 0 Å². The molecule has 4 rings (SSSR count). The summed E-state index contributed by atoms with van der Waals surface area (Å²) in [4.78, 5) is 0. The second-order valence-corrected chi connectivity index (χ2v) is 7.46. The van der Waals surface area contributed by atoms with E-state index in [1.54, 1.807) is 6.07 Å². The molecule has 1 aliphatic heterocycles. The number of hydrogen-bond acceptors (Lipinski definition) is 3. The van der Waals surface area contributed by atoms with Crippen LogP contribution in [0.4, 0.5) is 4.39 Å². The molecule has 2 aliphatic rings. The molecule has 2 aromatic rings. The minimum atomic E-state index is -0.762. The number of benzene rings is 2. The van der Waals surface area contributed by atoms with Crippen LogP contribution in [0.15, 0.2) is 42.5 Å². The summed E-state index contributed by atoms with van der Waals surface area (Å²) >= 11 is 0. The van der Waals surface area contributed by atoms with Crippen LogP contribution in [0.25, 0.3) is 0 Å². The molecule has 0 spiro atoms. The molecule has 132 valence electrons. The third-order valence-corrected chi connectivity index (χ3v) is 5.23. The van der Waals surface area contributed by atoms with Gasteiger partial charge in [-0.25, -0.2) is 4.39 Å². The maximum Gasteiger partial charge on any atom is 0.163 e. The Hall–Kier alpha value is -1.75. The predicted octanol–water partition coefficient (Wildman–Crippen LogP) is 4.09. The van der Waals surface area contributed by atoms with Crippen LogP contribution in [0.5, 0.6) is 0 Å². The first-order chi connectivity index (χ1) is 11.9. The zero-order valence-electron chi connectivity index (χ0n) is 14.5. The topological polar surface area (TPSA) is 38.7 Å². The van der Waals surface area contributed by atoms with Crippen molar-refractivity contribution in [2.24, 2.45) is 0 Å². The van der Waals surface area contributed by atoms with Crippen LogP contribution in [-0.4, -0.2) is 23.6 Å². The molecule has 1 saturated heterocycles. The normalized spacial score (nSPS) is 27.4. The first kappa shape index (κ1) is 16.7. The van der Waals surface area contributed by atoms with Crippen molar-refractivity contribution >= 4 is 0 Å². The predicted molar refractivity (Wildman–Crippen MR) is 92.9 cm³/mol. The van der Waals surface area contributed by atoms with E-state index in [0.29, 0.717) is 25.0 Å². The molecule has 2 aromatic carbocycles. The van der Waals surface area contributed by atoms with Crippen LogP contribution in [0.1, 0.15) is 54.5 Å². The Kier molecular flexibility index (Phi) is 4.14. The summed E-state index contributed by atoms with van der Waals surface area (Å²) in [5, 5.41) is 11.1. The Morgan fingerprint density at radius 3 is 2.64 bits per heavy atom. The summed E-state index contributed by atoms with van der Waals surface area (Å²) in [6.45, 7) is 4.30. The van der Waals surface area contributed by atoms with E-state index in [2.05, 4.69) is 12.1 Å². The van der Waals surface area contributed by atoms with Crippen LogP contribution in [-0.2, 0) is 15.9 Å². The third kappa shape index (κ3) is 3.22. The molecular weight excluding hydrogens is 319 g/mol. The van der Waals surface area contributed by atoms with Crippen molar-refractivity contribution in [2.45, 2.75) is 50.6 Å². The van der Waals surface area contributed by atoms with Gasteiger partial charge in [-0.2, -0.15) is 0 Å². The largest absolute Gasteiger partial charge is 0.388 e. The highest BCUT2D eigenvalue weighted by atomic mass is 19.1. The van der Waals surface area contributed by atoms with Crippen molar-refractivity contribution < 1.29 is 19.0 Å². The van der Waals surface area contributed by atoms with Crippen molar-refractivity contribution in [1.82, 2.24) is 0 Å². The SMILES string of the molecule is CC1(C)OC[C@@H](C[C@H]2c3ccccc3Cc3ccc(F)cc3[C@H]2O)O1.